The Morgan fingerprint density at radius 3 is 2.44 bits per heavy atom. The summed E-state index contributed by atoms with van der Waals surface area (Å²) in [4.78, 5) is 25.9. The fraction of sp³-hybridized carbons (Fsp3) is 0.556. The van der Waals surface area contributed by atoms with Gasteiger partial charge in [-0.2, -0.15) is 0 Å². The number of hydrogen-bond donors (Lipinski definition) is 2. The van der Waals surface area contributed by atoms with Crippen LogP contribution in [0.2, 0.25) is 0 Å². The Bertz CT molecular complexity index is 629. The molecule has 1 aliphatic rings. The first-order valence-corrected chi connectivity index (χ1v) is 8.49. The number of benzene rings is 1. The molecule has 1 aromatic carbocycles. The van der Waals surface area contributed by atoms with Crippen molar-refractivity contribution in [2.45, 2.75) is 45.2 Å². The van der Waals surface area contributed by atoms with Crippen LogP contribution in [0.5, 0.6) is 0 Å². The van der Waals surface area contributed by atoms with Gasteiger partial charge in [-0.05, 0) is 51.8 Å². The van der Waals surface area contributed by atoms with E-state index in [9.17, 15) is 23.5 Å². The molecule has 1 atom stereocenters. The Morgan fingerprint density at radius 2 is 1.92 bits per heavy atom. The Labute approximate surface area is 146 Å². The summed E-state index contributed by atoms with van der Waals surface area (Å²) in [6.07, 6.45) is 1.95. The summed E-state index contributed by atoms with van der Waals surface area (Å²) in [6, 6.07) is 1.57. The Hall–Kier alpha value is -2.02. The van der Waals surface area contributed by atoms with E-state index in [0.29, 0.717) is 12.1 Å². The van der Waals surface area contributed by atoms with E-state index in [2.05, 4.69) is 24.1 Å². The van der Waals surface area contributed by atoms with Gasteiger partial charge in [0.05, 0.1) is 0 Å². The quantitative estimate of drug-likeness (QED) is 0.824. The zero-order valence-corrected chi connectivity index (χ0v) is 14.5. The number of carbonyl (C=O) groups is 2. The summed E-state index contributed by atoms with van der Waals surface area (Å²) in [7, 11) is 0. The molecule has 1 fully saturated rings. The van der Waals surface area contributed by atoms with Crippen LogP contribution < -0.4 is 5.32 Å². The van der Waals surface area contributed by atoms with Crippen LogP contribution in [0, 0.1) is 17.6 Å². The zero-order valence-electron chi connectivity index (χ0n) is 14.5. The van der Waals surface area contributed by atoms with Crippen LogP contribution in [0.4, 0.5) is 8.78 Å². The minimum atomic E-state index is -1.52. The smallest absolute Gasteiger partial charge is 0.331 e. The Kier molecular flexibility index (Phi) is 6.47. The molecule has 1 unspecified atom stereocenters. The van der Waals surface area contributed by atoms with Crippen LogP contribution in [-0.4, -0.2) is 41.0 Å². The number of halogens is 2. The maximum atomic E-state index is 13.8. The van der Waals surface area contributed by atoms with E-state index in [-0.39, 0.29) is 17.9 Å². The molecule has 0 bridgehead atoms. The molecule has 1 aliphatic heterocycles. The van der Waals surface area contributed by atoms with Gasteiger partial charge in [0.25, 0.3) is 0 Å². The van der Waals surface area contributed by atoms with Crippen molar-refractivity contribution in [2.24, 2.45) is 5.92 Å². The van der Waals surface area contributed by atoms with E-state index in [4.69, 9.17) is 0 Å². The lowest BCUT2D eigenvalue weighted by Gasteiger charge is -2.34. The molecule has 2 N–H and O–H groups in total. The SMILES string of the molecule is CC(C)N1CCC(CC(=O)NC(C(=O)O)c2ccc(F)cc2F)CC1. The van der Waals surface area contributed by atoms with Gasteiger partial charge >= 0.3 is 5.97 Å². The second-order valence-electron chi connectivity index (χ2n) is 6.78. The molecule has 5 nitrogen and oxygen atoms in total. The molecule has 0 spiro atoms. The fourth-order valence-electron chi connectivity index (χ4n) is 3.16. The number of hydrogen-bond acceptors (Lipinski definition) is 3. The van der Waals surface area contributed by atoms with Gasteiger partial charge in [-0.25, -0.2) is 13.6 Å². The van der Waals surface area contributed by atoms with Crippen molar-refractivity contribution in [3.05, 3.63) is 35.4 Å². The molecule has 1 heterocycles. The van der Waals surface area contributed by atoms with E-state index in [1.807, 2.05) is 0 Å². The molecule has 1 amide bonds. The van der Waals surface area contributed by atoms with Gasteiger partial charge in [-0.3, -0.25) is 4.79 Å². The number of nitrogens with zero attached hydrogens (tertiary/aromatic N) is 1. The highest BCUT2D eigenvalue weighted by Gasteiger charge is 2.28. The molecular weight excluding hydrogens is 330 g/mol. The van der Waals surface area contributed by atoms with Crippen molar-refractivity contribution in [2.75, 3.05) is 13.1 Å². The van der Waals surface area contributed by atoms with Crippen molar-refractivity contribution < 1.29 is 23.5 Å². The molecule has 7 heteroatoms. The lowest BCUT2D eigenvalue weighted by molar-refractivity contribution is -0.142. The molecule has 138 valence electrons. The number of carboxylic acids is 1. The summed E-state index contributed by atoms with van der Waals surface area (Å²) in [5.74, 6) is -3.42. The van der Waals surface area contributed by atoms with E-state index < -0.39 is 29.6 Å². The molecule has 0 radical (unpaired) electrons. The zero-order chi connectivity index (χ0) is 18.6. The molecule has 1 saturated heterocycles. The summed E-state index contributed by atoms with van der Waals surface area (Å²) >= 11 is 0. The van der Waals surface area contributed by atoms with Gasteiger partial charge in [0.1, 0.15) is 11.6 Å². The largest absolute Gasteiger partial charge is 0.479 e. The molecule has 25 heavy (non-hydrogen) atoms. The number of carboxylic acid groups (broad SMARTS) is 1. The van der Waals surface area contributed by atoms with E-state index in [1.54, 1.807) is 0 Å². The number of likely N-dealkylation sites (tertiary alicyclic amines) is 1. The summed E-state index contributed by atoms with van der Waals surface area (Å²) in [5.41, 5.74) is -0.253. The third-order valence-electron chi connectivity index (χ3n) is 4.68. The fourth-order valence-corrected chi connectivity index (χ4v) is 3.16. The van der Waals surface area contributed by atoms with Crippen LogP contribution in [0.3, 0.4) is 0 Å². The van der Waals surface area contributed by atoms with E-state index in [0.717, 1.165) is 38.1 Å². The first-order valence-electron chi connectivity index (χ1n) is 8.49. The normalized spacial score (nSPS) is 17.5. The van der Waals surface area contributed by atoms with Gasteiger partial charge in [-0.15, -0.1) is 0 Å². The standard InChI is InChI=1S/C18H24F2N2O3/c1-11(2)22-7-5-12(6-8-22)9-16(23)21-17(18(24)25)14-4-3-13(19)10-15(14)20/h3-4,10-12,17H,5-9H2,1-2H3,(H,21,23)(H,24,25). The molecule has 2 rings (SSSR count). The molecule has 1 aromatic rings. The number of piperidine rings is 1. The van der Waals surface area contributed by atoms with Gasteiger partial charge in [-0.1, -0.05) is 6.07 Å². The molecule has 0 saturated carbocycles. The molecule has 0 aromatic heterocycles. The summed E-state index contributed by atoms with van der Waals surface area (Å²) in [5, 5.41) is 11.6. The highest BCUT2D eigenvalue weighted by atomic mass is 19.1. The maximum absolute atomic E-state index is 13.8. The van der Waals surface area contributed by atoms with Crippen LogP contribution in [0.15, 0.2) is 18.2 Å². The number of nitrogens with one attached hydrogen (secondary N) is 1. The second kappa shape index (κ2) is 8.38. The minimum absolute atomic E-state index is 0.183. The van der Waals surface area contributed by atoms with Crippen molar-refractivity contribution >= 4 is 11.9 Å². The number of carbonyl (C=O) groups excluding carboxylic acids is 1. The third kappa shape index (κ3) is 5.22. The lowest BCUT2D eigenvalue weighted by Crippen LogP contribution is -2.40. The first kappa shape index (κ1) is 19.3. The lowest BCUT2D eigenvalue weighted by atomic mass is 9.92. The van der Waals surface area contributed by atoms with E-state index in [1.165, 1.54) is 0 Å². The van der Waals surface area contributed by atoms with Crippen molar-refractivity contribution in [1.29, 1.82) is 0 Å². The van der Waals surface area contributed by atoms with Gasteiger partial charge < -0.3 is 15.3 Å². The Balaban J connectivity index is 1.96. The molecular formula is C18H24F2N2O3. The monoisotopic (exact) mass is 354 g/mol. The van der Waals surface area contributed by atoms with Crippen molar-refractivity contribution in [1.82, 2.24) is 10.2 Å². The van der Waals surface area contributed by atoms with Crippen LogP contribution in [0.1, 0.15) is 44.7 Å². The van der Waals surface area contributed by atoms with Crippen LogP contribution in [0.25, 0.3) is 0 Å². The van der Waals surface area contributed by atoms with Crippen LogP contribution in [-0.2, 0) is 9.59 Å². The highest BCUT2D eigenvalue weighted by Crippen LogP contribution is 2.23. The molecule has 0 aliphatic carbocycles. The predicted molar refractivity (Wildman–Crippen MR) is 88.9 cm³/mol. The average Bonchev–Trinajstić information content (AvgIpc) is 2.53. The summed E-state index contributed by atoms with van der Waals surface area (Å²) < 4.78 is 26.8. The number of amides is 1. The highest BCUT2D eigenvalue weighted by molar-refractivity contribution is 5.84. The van der Waals surface area contributed by atoms with E-state index >= 15 is 0 Å². The van der Waals surface area contributed by atoms with Gasteiger partial charge in [0.15, 0.2) is 6.04 Å². The van der Waals surface area contributed by atoms with Crippen molar-refractivity contribution in [3.63, 3.8) is 0 Å². The second-order valence-corrected chi connectivity index (χ2v) is 6.78. The topological polar surface area (TPSA) is 69.6 Å². The van der Waals surface area contributed by atoms with Crippen molar-refractivity contribution in [3.8, 4) is 0 Å². The maximum Gasteiger partial charge on any atom is 0.331 e. The van der Waals surface area contributed by atoms with Gasteiger partial charge in [0, 0.05) is 24.1 Å². The minimum Gasteiger partial charge on any atom is -0.479 e. The first-order chi connectivity index (χ1) is 11.8. The Morgan fingerprint density at radius 1 is 1.28 bits per heavy atom. The number of rotatable bonds is 6. The van der Waals surface area contributed by atoms with Gasteiger partial charge in [0.2, 0.25) is 5.91 Å². The number of aliphatic carboxylic acids is 1. The third-order valence-corrected chi connectivity index (χ3v) is 4.68. The predicted octanol–water partition coefficient (Wildman–Crippen LogP) is 2.72. The van der Waals surface area contributed by atoms with Crippen LogP contribution >= 0.6 is 0 Å². The average molecular weight is 354 g/mol. The summed E-state index contributed by atoms with van der Waals surface area (Å²) in [6.45, 7) is 6.07.